The van der Waals surface area contributed by atoms with Crippen LogP contribution in [0.25, 0.3) is 0 Å². The smallest absolute Gasteiger partial charge is 0.371 e. The number of carbonyl (C=O) groups excluding carboxylic acids is 1. The van der Waals surface area contributed by atoms with E-state index in [-0.39, 0.29) is 13.2 Å². The largest absolute Gasteiger partial charge is 0.411 e. The molecule has 0 saturated heterocycles. The van der Waals surface area contributed by atoms with Gasteiger partial charge in [0.2, 0.25) is 5.91 Å². The van der Waals surface area contributed by atoms with Gasteiger partial charge in [-0.15, -0.1) is 0 Å². The van der Waals surface area contributed by atoms with Gasteiger partial charge in [-0.2, -0.15) is 13.2 Å². The van der Waals surface area contributed by atoms with Crippen molar-refractivity contribution in [2.75, 3.05) is 19.8 Å². The maximum Gasteiger partial charge on any atom is 0.411 e. The van der Waals surface area contributed by atoms with Gasteiger partial charge in [0.1, 0.15) is 6.61 Å². The zero-order valence-electron chi connectivity index (χ0n) is 10.5. The fraction of sp³-hybridized carbons (Fsp3) is 0.417. The summed E-state index contributed by atoms with van der Waals surface area (Å²) in [5.41, 5.74) is 6.11. The number of nitrogens with one attached hydrogen (secondary N) is 1. The molecule has 1 rings (SSSR count). The highest BCUT2D eigenvalue weighted by Gasteiger charge is 2.27. The monoisotopic (exact) mass is 310 g/mol. The van der Waals surface area contributed by atoms with E-state index in [4.69, 9.17) is 17.3 Å². The molecule has 0 radical (unpaired) electrons. The molecule has 1 amide bonds. The Hall–Kier alpha value is -1.31. The molecule has 0 heterocycles. The van der Waals surface area contributed by atoms with Crippen molar-refractivity contribution < 1.29 is 22.7 Å². The number of hydrogen-bond donors (Lipinski definition) is 2. The summed E-state index contributed by atoms with van der Waals surface area (Å²) in [5, 5.41) is 3.25. The van der Waals surface area contributed by atoms with Gasteiger partial charge < -0.3 is 15.8 Å². The van der Waals surface area contributed by atoms with E-state index in [0.29, 0.717) is 22.7 Å². The van der Waals surface area contributed by atoms with Gasteiger partial charge in [-0.3, -0.25) is 4.79 Å². The molecule has 0 aromatic heterocycles. The van der Waals surface area contributed by atoms with Gasteiger partial charge in [0.15, 0.2) is 0 Å². The lowest BCUT2D eigenvalue weighted by Crippen LogP contribution is -2.23. The molecular weight excluding hydrogens is 297 g/mol. The van der Waals surface area contributed by atoms with E-state index in [1.165, 1.54) is 12.1 Å². The van der Waals surface area contributed by atoms with Crippen molar-refractivity contribution in [3.05, 3.63) is 34.3 Å². The van der Waals surface area contributed by atoms with Gasteiger partial charge in [0, 0.05) is 23.7 Å². The second-order valence-electron chi connectivity index (χ2n) is 4.01. The van der Waals surface area contributed by atoms with Gasteiger partial charge in [-0.05, 0) is 17.7 Å². The van der Waals surface area contributed by atoms with Crippen molar-refractivity contribution >= 4 is 17.5 Å². The minimum Gasteiger partial charge on any atom is -0.371 e. The van der Waals surface area contributed by atoms with E-state index in [1.54, 1.807) is 6.07 Å². The second-order valence-corrected chi connectivity index (χ2v) is 4.42. The molecule has 0 bridgehead atoms. The summed E-state index contributed by atoms with van der Waals surface area (Å²) in [6.45, 7) is -0.712. The third-order valence-corrected chi connectivity index (χ3v) is 2.69. The number of benzene rings is 1. The molecule has 0 spiro atoms. The summed E-state index contributed by atoms with van der Waals surface area (Å²) in [6.07, 6.45) is -4.31. The van der Waals surface area contributed by atoms with Crippen LogP contribution in [0.3, 0.4) is 0 Å². The summed E-state index contributed by atoms with van der Waals surface area (Å²) in [5.74, 6) is -0.577. The number of halogens is 4. The first-order chi connectivity index (χ1) is 9.29. The number of rotatable bonds is 7. The van der Waals surface area contributed by atoms with Crippen LogP contribution in [-0.2, 0) is 11.3 Å². The van der Waals surface area contributed by atoms with E-state index >= 15 is 0 Å². The molecular formula is C12H14ClF3N2O2. The maximum atomic E-state index is 11.8. The highest BCUT2D eigenvalue weighted by atomic mass is 35.5. The van der Waals surface area contributed by atoms with Crippen LogP contribution in [0.15, 0.2) is 18.2 Å². The van der Waals surface area contributed by atoms with Crippen LogP contribution in [0.4, 0.5) is 13.2 Å². The summed E-state index contributed by atoms with van der Waals surface area (Å²) in [6, 6.07) is 4.61. The minimum atomic E-state index is -4.31. The van der Waals surface area contributed by atoms with Crippen LogP contribution < -0.4 is 11.1 Å². The van der Waals surface area contributed by atoms with Crippen molar-refractivity contribution in [1.29, 1.82) is 0 Å². The van der Waals surface area contributed by atoms with Gasteiger partial charge in [0.25, 0.3) is 0 Å². The predicted molar refractivity (Wildman–Crippen MR) is 68.6 cm³/mol. The zero-order valence-corrected chi connectivity index (χ0v) is 11.2. The molecule has 0 atom stereocenters. The van der Waals surface area contributed by atoms with E-state index < -0.39 is 18.7 Å². The normalized spacial score (nSPS) is 11.6. The van der Waals surface area contributed by atoms with Crippen molar-refractivity contribution in [1.82, 2.24) is 5.32 Å². The number of amides is 1. The van der Waals surface area contributed by atoms with Crippen molar-refractivity contribution in [2.45, 2.75) is 12.7 Å². The molecule has 0 saturated carbocycles. The molecule has 0 fully saturated rings. The van der Waals surface area contributed by atoms with Gasteiger partial charge in [0.05, 0.1) is 6.61 Å². The standard InChI is InChI=1S/C12H14ClF3N2O2/c13-10-5-8(11(17)19)1-2-9(10)6-18-3-4-20-7-12(14,15)16/h1-2,5,18H,3-4,6-7H2,(H2,17,19). The van der Waals surface area contributed by atoms with E-state index in [1.807, 2.05) is 0 Å². The Morgan fingerprint density at radius 1 is 1.40 bits per heavy atom. The molecule has 20 heavy (non-hydrogen) atoms. The SMILES string of the molecule is NC(=O)c1ccc(CNCCOCC(F)(F)F)c(Cl)c1. The lowest BCUT2D eigenvalue weighted by atomic mass is 10.1. The molecule has 112 valence electrons. The Balaban J connectivity index is 2.31. The summed E-state index contributed by atoms with van der Waals surface area (Å²) < 4.78 is 39.8. The maximum absolute atomic E-state index is 11.8. The lowest BCUT2D eigenvalue weighted by Gasteiger charge is -2.09. The van der Waals surface area contributed by atoms with Gasteiger partial charge >= 0.3 is 6.18 Å². The Morgan fingerprint density at radius 3 is 2.65 bits per heavy atom. The highest BCUT2D eigenvalue weighted by molar-refractivity contribution is 6.31. The fourth-order valence-electron chi connectivity index (χ4n) is 1.40. The van der Waals surface area contributed by atoms with Crippen molar-refractivity contribution in [2.24, 2.45) is 5.73 Å². The minimum absolute atomic E-state index is 0.0590. The quantitative estimate of drug-likeness (QED) is 0.758. The van der Waals surface area contributed by atoms with Gasteiger partial charge in [-0.25, -0.2) is 0 Å². The molecule has 0 aliphatic heterocycles. The number of carbonyl (C=O) groups is 1. The molecule has 0 aliphatic rings. The third kappa shape index (κ3) is 6.23. The van der Waals surface area contributed by atoms with Crippen LogP contribution in [0, 0.1) is 0 Å². The van der Waals surface area contributed by atoms with Crippen molar-refractivity contribution in [3.63, 3.8) is 0 Å². The summed E-state index contributed by atoms with van der Waals surface area (Å²) in [7, 11) is 0. The third-order valence-electron chi connectivity index (χ3n) is 2.34. The average Bonchev–Trinajstić information content (AvgIpc) is 2.33. The lowest BCUT2D eigenvalue weighted by molar-refractivity contribution is -0.173. The van der Waals surface area contributed by atoms with E-state index in [2.05, 4.69) is 10.1 Å². The summed E-state index contributed by atoms with van der Waals surface area (Å²) >= 11 is 5.95. The number of primary amides is 1. The Bertz CT molecular complexity index is 467. The van der Waals surface area contributed by atoms with Crippen LogP contribution >= 0.6 is 11.6 Å². The Morgan fingerprint density at radius 2 is 2.10 bits per heavy atom. The highest BCUT2D eigenvalue weighted by Crippen LogP contribution is 2.17. The molecule has 4 nitrogen and oxygen atoms in total. The van der Waals surface area contributed by atoms with Gasteiger partial charge in [-0.1, -0.05) is 17.7 Å². The molecule has 1 aromatic carbocycles. The molecule has 1 aromatic rings. The number of nitrogens with two attached hydrogens (primary N) is 1. The first-order valence-corrected chi connectivity index (χ1v) is 6.11. The number of ether oxygens (including phenoxy) is 1. The molecule has 0 unspecified atom stereocenters. The first-order valence-electron chi connectivity index (χ1n) is 5.73. The average molecular weight is 311 g/mol. The molecule has 8 heteroatoms. The summed E-state index contributed by atoms with van der Waals surface area (Å²) in [4.78, 5) is 10.9. The fourth-order valence-corrected chi connectivity index (χ4v) is 1.65. The topological polar surface area (TPSA) is 64.4 Å². The van der Waals surface area contributed by atoms with Crippen LogP contribution in [0.1, 0.15) is 15.9 Å². The van der Waals surface area contributed by atoms with E-state index in [9.17, 15) is 18.0 Å². The molecule has 0 aliphatic carbocycles. The molecule has 3 N–H and O–H groups in total. The Kier molecular flexibility index (Phi) is 6.25. The van der Waals surface area contributed by atoms with E-state index in [0.717, 1.165) is 0 Å². The van der Waals surface area contributed by atoms with Crippen LogP contribution in [0.2, 0.25) is 5.02 Å². The number of alkyl halides is 3. The zero-order chi connectivity index (χ0) is 15.2. The van der Waals surface area contributed by atoms with Crippen molar-refractivity contribution in [3.8, 4) is 0 Å². The van der Waals surface area contributed by atoms with Crippen LogP contribution in [-0.4, -0.2) is 31.8 Å². The number of hydrogen-bond acceptors (Lipinski definition) is 3. The predicted octanol–water partition coefficient (Wildman–Crippen LogP) is 2.11. The first kappa shape index (κ1) is 16.7. The van der Waals surface area contributed by atoms with Crippen LogP contribution in [0.5, 0.6) is 0 Å². The second kappa shape index (κ2) is 7.47. The Labute approximate surface area is 119 Å².